The van der Waals surface area contributed by atoms with Crippen molar-refractivity contribution in [2.75, 3.05) is 13.6 Å². The zero-order chi connectivity index (χ0) is 19.5. The molecule has 0 aliphatic rings. The second kappa shape index (κ2) is 7.99. The molecule has 0 aliphatic carbocycles. The number of aryl methyl sites for hydroxylation is 2. The van der Waals surface area contributed by atoms with Crippen molar-refractivity contribution in [1.29, 1.82) is 0 Å². The first-order valence-electron chi connectivity index (χ1n) is 8.02. The highest BCUT2D eigenvalue weighted by molar-refractivity contribution is 6.31. The van der Waals surface area contributed by atoms with Gasteiger partial charge in [-0.3, -0.25) is 0 Å². The number of aliphatic imine (C=N–C) groups is 1. The van der Waals surface area contributed by atoms with Gasteiger partial charge in [0.05, 0.1) is 22.6 Å². The Balaban J connectivity index is 2.31. The molecular formula is C19H20ClF3N2O. The molecule has 0 fully saturated rings. The van der Waals surface area contributed by atoms with Gasteiger partial charge in [-0.2, -0.15) is 13.2 Å². The number of hydrogen-bond donors (Lipinski definition) is 0. The maximum Gasteiger partial charge on any atom is 0.417 e. The predicted octanol–water partition coefficient (Wildman–Crippen LogP) is 6.38. The summed E-state index contributed by atoms with van der Waals surface area (Å²) in [6, 6.07) is 7.09. The Labute approximate surface area is 156 Å². The van der Waals surface area contributed by atoms with E-state index in [2.05, 4.69) is 4.99 Å². The van der Waals surface area contributed by atoms with Gasteiger partial charge in [-0.25, -0.2) is 4.99 Å². The van der Waals surface area contributed by atoms with Crippen molar-refractivity contribution in [1.82, 2.24) is 4.90 Å². The molecule has 0 unspecified atom stereocenters. The molecule has 0 radical (unpaired) electrons. The van der Waals surface area contributed by atoms with Crippen molar-refractivity contribution < 1.29 is 17.9 Å². The number of benzene rings is 2. The summed E-state index contributed by atoms with van der Waals surface area (Å²) in [4.78, 5) is 6.36. The zero-order valence-electron chi connectivity index (χ0n) is 15.0. The van der Waals surface area contributed by atoms with E-state index in [0.717, 1.165) is 29.4 Å². The van der Waals surface area contributed by atoms with Crippen LogP contribution in [0.4, 0.5) is 18.9 Å². The van der Waals surface area contributed by atoms with Gasteiger partial charge in [0.2, 0.25) is 0 Å². The van der Waals surface area contributed by atoms with E-state index in [4.69, 9.17) is 16.3 Å². The van der Waals surface area contributed by atoms with Gasteiger partial charge in [-0.1, -0.05) is 11.6 Å². The molecule has 0 atom stereocenters. The molecule has 26 heavy (non-hydrogen) atoms. The first kappa shape index (κ1) is 20.1. The van der Waals surface area contributed by atoms with Gasteiger partial charge in [-0.15, -0.1) is 0 Å². The zero-order valence-corrected chi connectivity index (χ0v) is 15.7. The van der Waals surface area contributed by atoms with E-state index in [1.807, 2.05) is 38.8 Å². The second-order valence-corrected chi connectivity index (χ2v) is 6.37. The van der Waals surface area contributed by atoms with Crippen LogP contribution < -0.4 is 4.74 Å². The molecule has 0 aromatic heterocycles. The number of halogens is 4. The van der Waals surface area contributed by atoms with Crippen LogP contribution >= 0.6 is 11.6 Å². The van der Waals surface area contributed by atoms with Crippen molar-refractivity contribution in [2.45, 2.75) is 26.9 Å². The standard InChI is InChI=1S/C19H20ClF3N2O/c1-5-25(4)11-24-17-8-13(3)18(9-12(17)2)26-14-6-7-16(20)15(10-14)19(21,22)23/h6-11H,5H2,1-4H3/b24-11+. The average molecular weight is 385 g/mol. The van der Waals surface area contributed by atoms with Crippen LogP contribution in [0.25, 0.3) is 0 Å². The van der Waals surface area contributed by atoms with Crippen molar-refractivity contribution in [3.05, 3.63) is 52.0 Å². The van der Waals surface area contributed by atoms with Gasteiger partial charge in [0, 0.05) is 13.6 Å². The van der Waals surface area contributed by atoms with Crippen molar-refractivity contribution >= 4 is 23.6 Å². The molecule has 7 heteroatoms. The van der Waals surface area contributed by atoms with E-state index in [0.29, 0.717) is 5.75 Å². The van der Waals surface area contributed by atoms with Crippen LogP contribution in [0, 0.1) is 13.8 Å². The maximum atomic E-state index is 13.0. The van der Waals surface area contributed by atoms with Crippen molar-refractivity contribution in [3.63, 3.8) is 0 Å². The van der Waals surface area contributed by atoms with Gasteiger partial charge in [0.1, 0.15) is 11.5 Å². The number of ether oxygens (including phenoxy) is 1. The van der Waals surface area contributed by atoms with Crippen LogP contribution in [-0.2, 0) is 6.18 Å². The van der Waals surface area contributed by atoms with Crippen LogP contribution in [0.2, 0.25) is 5.02 Å². The van der Waals surface area contributed by atoms with Crippen LogP contribution in [0.3, 0.4) is 0 Å². The van der Waals surface area contributed by atoms with Gasteiger partial charge < -0.3 is 9.64 Å². The largest absolute Gasteiger partial charge is 0.457 e. The molecule has 3 nitrogen and oxygen atoms in total. The quantitative estimate of drug-likeness (QED) is 0.441. The smallest absolute Gasteiger partial charge is 0.417 e. The molecule has 0 heterocycles. The normalized spacial score (nSPS) is 11.8. The molecule has 0 aliphatic heterocycles. The summed E-state index contributed by atoms with van der Waals surface area (Å²) in [7, 11) is 1.92. The van der Waals surface area contributed by atoms with E-state index in [1.165, 1.54) is 12.1 Å². The third-order valence-electron chi connectivity index (χ3n) is 3.86. The Hall–Kier alpha value is -2.21. The van der Waals surface area contributed by atoms with Gasteiger partial charge in [0.25, 0.3) is 0 Å². The molecule has 0 saturated heterocycles. The van der Waals surface area contributed by atoms with Crippen molar-refractivity contribution in [2.24, 2.45) is 4.99 Å². The third-order valence-corrected chi connectivity index (χ3v) is 4.19. The highest BCUT2D eigenvalue weighted by atomic mass is 35.5. The number of hydrogen-bond acceptors (Lipinski definition) is 2. The summed E-state index contributed by atoms with van der Waals surface area (Å²) in [5.74, 6) is 0.548. The lowest BCUT2D eigenvalue weighted by atomic mass is 10.1. The van der Waals surface area contributed by atoms with Crippen LogP contribution in [0.15, 0.2) is 35.3 Å². The Kier molecular flexibility index (Phi) is 6.18. The first-order chi connectivity index (χ1) is 12.1. The second-order valence-electron chi connectivity index (χ2n) is 5.96. The molecule has 2 aromatic rings. The SMILES string of the molecule is CCN(C)/C=N/c1cc(C)c(Oc2ccc(Cl)c(C(F)(F)F)c2)cc1C. The topological polar surface area (TPSA) is 24.8 Å². The maximum absolute atomic E-state index is 13.0. The lowest BCUT2D eigenvalue weighted by Gasteiger charge is -2.14. The molecule has 0 saturated carbocycles. The van der Waals surface area contributed by atoms with E-state index in [-0.39, 0.29) is 10.8 Å². The molecular weight excluding hydrogens is 365 g/mol. The number of alkyl halides is 3. The fourth-order valence-electron chi connectivity index (χ4n) is 2.18. The van der Waals surface area contributed by atoms with E-state index < -0.39 is 11.7 Å². The molecule has 0 spiro atoms. The van der Waals surface area contributed by atoms with Crippen LogP contribution in [-0.4, -0.2) is 24.8 Å². The molecule has 2 aromatic carbocycles. The summed E-state index contributed by atoms with van der Waals surface area (Å²) in [6.45, 7) is 6.54. The molecule has 2 rings (SSSR count). The molecule has 0 N–H and O–H groups in total. The molecule has 0 amide bonds. The summed E-state index contributed by atoms with van der Waals surface area (Å²) in [5.41, 5.74) is 1.49. The average Bonchev–Trinajstić information content (AvgIpc) is 2.56. The molecule has 0 bridgehead atoms. The Bertz CT molecular complexity index is 819. The lowest BCUT2D eigenvalue weighted by molar-refractivity contribution is -0.137. The summed E-state index contributed by atoms with van der Waals surface area (Å²) >= 11 is 5.64. The fraction of sp³-hybridized carbons (Fsp3) is 0.316. The Morgan fingerprint density at radius 3 is 2.46 bits per heavy atom. The summed E-state index contributed by atoms with van der Waals surface area (Å²) < 4.78 is 44.6. The third kappa shape index (κ3) is 4.91. The Morgan fingerprint density at radius 2 is 1.85 bits per heavy atom. The van der Waals surface area contributed by atoms with E-state index in [9.17, 15) is 13.2 Å². The molecule has 140 valence electrons. The van der Waals surface area contributed by atoms with Gasteiger partial charge in [0.15, 0.2) is 0 Å². The van der Waals surface area contributed by atoms with E-state index >= 15 is 0 Å². The summed E-state index contributed by atoms with van der Waals surface area (Å²) in [6.07, 6.45) is -2.80. The lowest BCUT2D eigenvalue weighted by Crippen LogP contribution is -2.14. The highest BCUT2D eigenvalue weighted by Crippen LogP contribution is 2.38. The van der Waals surface area contributed by atoms with Gasteiger partial charge >= 0.3 is 6.18 Å². The minimum atomic E-state index is -4.54. The van der Waals surface area contributed by atoms with Crippen molar-refractivity contribution in [3.8, 4) is 11.5 Å². The minimum Gasteiger partial charge on any atom is -0.457 e. The summed E-state index contributed by atoms with van der Waals surface area (Å²) in [5, 5.41) is -0.359. The highest BCUT2D eigenvalue weighted by Gasteiger charge is 2.33. The number of rotatable bonds is 5. The number of nitrogens with zero attached hydrogens (tertiary/aromatic N) is 2. The fourth-order valence-corrected chi connectivity index (χ4v) is 2.40. The first-order valence-corrected chi connectivity index (χ1v) is 8.40. The van der Waals surface area contributed by atoms with Gasteiger partial charge in [-0.05, 0) is 62.2 Å². The monoisotopic (exact) mass is 384 g/mol. The Morgan fingerprint density at radius 1 is 1.15 bits per heavy atom. The van der Waals surface area contributed by atoms with E-state index in [1.54, 1.807) is 12.4 Å². The van der Waals surface area contributed by atoms with Crippen LogP contribution in [0.5, 0.6) is 11.5 Å². The van der Waals surface area contributed by atoms with Crippen LogP contribution in [0.1, 0.15) is 23.6 Å². The predicted molar refractivity (Wildman–Crippen MR) is 98.9 cm³/mol. The minimum absolute atomic E-state index is 0.0752.